The molecule has 0 spiro atoms. The molecule has 0 radical (unpaired) electrons. The highest BCUT2D eigenvalue weighted by molar-refractivity contribution is 5.83. The fourth-order valence-electron chi connectivity index (χ4n) is 2.49. The summed E-state index contributed by atoms with van der Waals surface area (Å²) in [5.41, 5.74) is -0.281. The molecule has 1 rings (SSSR count). The van der Waals surface area contributed by atoms with Crippen LogP contribution >= 0.6 is 0 Å². The Balaban J connectivity index is 2.77. The number of rotatable bonds is 6. The lowest BCUT2D eigenvalue weighted by atomic mass is 9.77. The van der Waals surface area contributed by atoms with Crippen LogP contribution in [0, 0.1) is 5.41 Å². The molecule has 0 aromatic carbocycles. The maximum Gasteiger partial charge on any atom is 0.230 e. The molecular weight excluding hydrogens is 216 g/mol. The second-order valence-electron chi connectivity index (χ2n) is 4.68. The minimum absolute atomic E-state index is 0.00675. The Hall–Kier alpha value is -0.870. The van der Waals surface area contributed by atoms with Gasteiger partial charge in [0, 0.05) is 19.6 Å². The quantitative estimate of drug-likeness (QED) is 0.674. The highest BCUT2D eigenvalue weighted by Crippen LogP contribution is 2.32. The molecule has 1 atom stereocenters. The molecule has 1 aliphatic heterocycles. The summed E-state index contributed by atoms with van der Waals surface area (Å²) in [5, 5.41) is 12.3. The van der Waals surface area contributed by atoms with E-state index in [0.717, 1.165) is 32.4 Å². The molecule has 4 nitrogen and oxygen atoms in total. The third kappa shape index (κ3) is 3.30. The van der Waals surface area contributed by atoms with Crippen molar-refractivity contribution in [2.24, 2.45) is 5.41 Å². The third-order valence-corrected chi connectivity index (χ3v) is 3.61. The molecule has 4 heteroatoms. The van der Waals surface area contributed by atoms with Crippen molar-refractivity contribution in [1.82, 2.24) is 10.2 Å². The van der Waals surface area contributed by atoms with Gasteiger partial charge in [0.25, 0.3) is 0 Å². The summed E-state index contributed by atoms with van der Waals surface area (Å²) in [6.45, 7) is 8.40. The van der Waals surface area contributed by atoms with Crippen molar-refractivity contribution in [2.75, 3.05) is 32.8 Å². The zero-order chi connectivity index (χ0) is 12.7. The van der Waals surface area contributed by atoms with Gasteiger partial charge < -0.3 is 15.3 Å². The molecule has 2 N–H and O–H groups in total. The van der Waals surface area contributed by atoms with Crippen LogP contribution in [0.25, 0.3) is 0 Å². The predicted molar refractivity (Wildman–Crippen MR) is 68.7 cm³/mol. The normalized spacial score (nSPS) is 24.4. The first-order valence-corrected chi connectivity index (χ1v) is 6.42. The van der Waals surface area contributed by atoms with Crippen molar-refractivity contribution >= 4 is 5.91 Å². The Morgan fingerprint density at radius 1 is 1.65 bits per heavy atom. The van der Waals surface area contributed by atoms with Crippen LogP contribution in [0.3, 0.4) is 0 Å². The molecule has 1 aliphatic rings. The zero-order valence-electron chi connectivity index (χ0n) is 10.7. The van der Waals surface area contributed by atoms with E-state index >= 15 is 0 Å². The number of aliphatic hydroxyl groups is 1. The van der Waals surface area contributed by atoms with Gasteiger partial charge in [-0.2, -0.15) is 0 Å². The summed E-state index contributed by atoms with van der Waals surface area (Å²) in [6.07, 6.45) is 4.54. The minimum Gasteiger partial charge on any atom is -0.395 e. The summed E-state index contributed by atoms with van der Waals surface area (Å²) in [5.74, 6) is 0.154. The molecule has 1 fully saturated rings. The molecule has 98 valence electrons. The van der Waals surface area contributed by atoms with Crippen LogP contribution in [0.4, 0.5) is 0 Å². The SMILES string of the molecule is C=CCN(CCO)C(=O)C1(CC)CCCNC1. The standard InChI is InChI=1S/C13H24N2O2/c1-3-8-15(9-10-16)12(17)13(4-2)6-5-7-14-11-13/h3,14,16H,1,4-11H2,2H3. The van der Waals surface area contributed by atoms with Gasteiger partial charge >= 0.3 is 0 Å². The third-order valence-electron chi connectivity index (χ3n) is 3.61. The lowest BCUT2D eigenvalue weighted by Gasteiger charge is -2.39. The number of amides is 1. The Bertz CT molecular complexity index is 260. The van der Waals surface area contributed by atoms with E-state index in [4.69, 9.17) is 5.11 Å². The first kappa shape index (κ1) is 14.2. The van der Waals surface area contributed by atoms with Crippen LogP contribution in [0.1, 0.15) is 26.2 Å². The number of carbonyl (C=O) groups is 1. The second-order valence-corrected chi connectivity index (χ2v) is 4.68. The van der Waals surface area contributed by atoms with Gasteiger partial charge in [-0.3, -0.25) is 4.79 Å². The largest absolute Gasteiger partial charge is 0.395 e. The van der Waals surface area contributed by atoms with Gasteiger partial charge in [0.15, 0.2) is 0 Å². The molecule has 0 aromatic rings. The van der Waals surface area contributed by atoms with Crippen LogP contribution in [0.2, 0.25) is 0 Å². The summed E-state index contributed by atoms with van der Waals surface area (Å²) >= 11 is 0. The van der Waals surface area contributed by atoms with E-state index in [1.165, 1.54) is 0 Å². The summed E-state index contributed by atoms with van der Waals surface area (Å²) in [4.78, 5) is 14.3. The number of aliphatic hydroxyl groups excluding tert-OH is 1. The van der Waals surface area contributed by atoms with E-state index in [1.54, 1.807) is 11.0 Å². The van der Waals surface area contributed by atoms with E-state index in [2.05, 4.69) is 18.8 Å². The predicted octanol–water partition coefficient (Wildman–Crippen LogP) is 0.773. The van der Waals surface area contributed by atoms with E-state index < -0.39 is 0 Å². The molecule has 0 aromatic heterocycles. The van der Waals surface area contributed by atoms with E-state index in [0.29, 0.717) is 13.1 Å². The Labute approximate surface area is 104 Å². The lowest BCUT2D eigenvalue weighted by molar-refractivity contribution is -0.143. The number of hydrogen-bond donors (Lipinski definition) is 2. The molecule has 17 heavy (non-hydrogen) atoms. The van der Waals surface area contributed by atoms with Crippen molar-refractivity contribution in [3.05, 3.63) is 12.7 Å². The van der Waals surface area contributed by atoms with Crippen molar-refractivity contribution in [3.8, 4) is 0 Å². The molecule has 1 unspecified atom stereocenters. The van der Waals surface area contributed by atoms with E-state index in [1.807, 2.05) is 0 Å². The van der Waals surface area contributed by atoms with Crippen LogP contribution < -0.4 is 5.32 Å². The van der Waals surface area contributed by atoms with Crippen LogP contribution in [0.15, 0.2) is 12.7 Å². The maximum absolute atomic E-state index is 12.6. The van der Waals surface area contributed by atoms with Gasteiger partial charge in [0.05, 0.1) is 12.0 Å². The highest BCUT2D eigenvalue weighted by atomic mass is 16.3. The number of piperidine rings is 1. The zero-order valence-corrected chi connectivity index (χ0v) is 10.7. The first-order chi connectivity index (χ1) is 8.20. The van der Waals surface area contributed by atoms with Gasteiger partial charge in [0.1, 0.15) is 0 Å². The molecule has 1 amide bonds. The topological polar surface area (TPSA) is 52.6 Å². The number of carbonyl (C=O) groups excluding carboxylic acids is 1. The van der Waals surface area contributed by atoms with Crippen LogP contribution in [-0.2, 0) is 4.79 Å². The van der Waals surface area contributed by atoms with Crippen molar-refractivity contribution < 1.29 is 9.90 Å². The first-order valence-electron chi connectivity index (χ1n) is 6.42. The smallest absolute Gasteiger partial charge is 0.230 e. The van der Waals surface area contributed by atoms with Gasteiger partial charge in [-0.15, -0.1) is 6.58 Å². The van der Waals surface area contributed by atoms with Gasteiger partial charge in [-0.05, 0) is 25.8 Å². The number of nitrogens with zero attached hydrogens (tertiary/aromatic N) is 1. The second kappa shape index (κ2) is 6.77. The Morgan fingerprint density at radius 3 is 2.88 bits per heavy atom. The molecule has 0 saturated carbocycles. The van der Waals surface area contributed by atoms with E-state index in [-0.39, 0.29) is 17.9 Å². The van der Waals surface area contributed by atoms with Crippen molar-refractivity contribution in [1.29, 1.82) is 0 Å². The van der Waals surface area contributed by atoms with Crippen LogP contribution in [-0.4, -0.2) is 48.7 Å². The molecular formula is C13H24N2O2. The van der Waals surface area contributed by atoms with Gasteiger partial charge in [0.2, 0.25) is 5.91 Å². The molecule has 1 heterocycles. The van der Waals surface area contributed by atoms with Crippen LogP contribution in [0.5, 0.6) is 0 Å². The lowest BCUT2D eigenvalue weighted by Crippen LogP contribution is -2.52. The number of nitrogens with one attached hydrogen (secondary N) is 1. The van der Waals surface area contributed by atoms with Gasteiger partial charge in [-0.1, -0.05) is 13.0 Å². The molecule has 0 bridgehead atoms. The molecule has 0 aliphatic carbocycles. The molecule has 1 saturated heterocycles. The summed E-state index contributed by atoms with van der Waals surface area (Å²) < 4.78 is 0. The maximum atomic E-state index is 12.6. The average Bonchev–Trinajstić information content (AvgIpc) is 2.38. The average molecular weight is 240 g/mol. The minimum atomic E-state index is -0.281. The van der Waals surface area contributed by atoms with Crippen molar-refractivity contribution in [2.45, 2.75) is 26.2 Å². The fourth-order valence-corrected chi connectivity index (χ4v) is 2.49. The summed E-state index contributed by atoms with van der Waals surface area (Å²) in [6, 6.07) is 0. The fraction of sp³-hybridized carbons (Fsp3) is 0.769. The number of hydrogen-bond acceptors (Lipinski definition) is 3. The highest BCUT2D eigenvalue weighted by Gasteiger charge is 2.40. The van der Waals surface area contributed by atoms with Crippen molar-refractivity contribution in [3.63, 3.8) is 0 Å². The summed E-state index contributed by atoms with van der Waals surface area (Å²) in [7, 11) is 0. The Kier molecular flexibility index (Phi) is 5.65. The monoisotopic (exact) mass is 240 g/mol. The van der Waals surface area contributed by atoms with E-state index in [9.17, 15) is 4.79 Å². The van der Waals surface area contributed by atoms with Gasteiger partial charge in [-0.25, -0.2) is 0 Å². The Morgan fingerprint density at radius 2 is 2.41 bits per heavy atom.